The fraction of sp³-hybridized carbons (Fsp3) is 0.348. The molecule has 0 radical (unpaired) electrons. The average Bonchev–Trinajstić information content (AvgIpc) is 2.73. The number of benzene rings is 2. The van der Waals surface area contributed by atoms with Gasteiger partial charge in [-0.25, -0.2) is 9.59 Å². The minimum atomic E-state index is -0.534. The number of amides is 5. The van der Waals surface area contributed by atoms with Crippen LogP contribution in [0.1, 0.15) is 24.0 Å². The van der Waals surface area contributed by atoms with Crippen LogP contribution in [0.2, 0.25) is 0 Å². The van der Waals surface area contributed by atoms with E-state index in [0.29, 0.717) is 18.8 Å². The molecule has 8 heteroatoms. The van der Waals surface area contributed by atoms with Crippen LogP contribution in [-0.2, 0) is 4.79 Å². The van der Waals surface area contributed by atoms with Crippen molar-refractivity contribution >= 4 is 29.3 Å². The standard InChI is InChI=1S/C23H29N5O3/c1-16-7-6-10-20(17(16)2)26-23(31)27-21(29)15-28-13-11-19(12-14-28)25-22(30)24-18-8-4-3-5-9-18/h3-10,19H,11-15H2,1-2H3,(H2,24,25,30)(H2,26,27,29,31). The number of carbonyl (C=O) groups excluding carboxylic acids is 3. The Morgan fingerprint density at radius 3 is 2.32 bits per heavy atom. The number of piperidine rings is 1. The van der Waals surface area contributed by atoms with Gasteiger partial charge in [-0.1, -0.05) is 30.3 Å². The van der Waals surface area contributed by atoms with Crippen LogP contribution in [0, 0.1) is 13.8 Å². The molecule has 3 rings (SSSR count). The van der Waals surface area contributed by atoms with E-state index in [1.54, 1.807) is 6.07 Å². The molecule has 4 N–H and O–H groups in total. The predicted octanol–water partition coefficient (Wildman–Crippen LogP) is 3.24. The van der Waals surface area contributed by atoms with Crippen LogP contribution in [0.3, 0.4) is 0 Å². The number of nitrogens with zero attached hydrogens (tertiary/aromatic N) is 1. The van der Waals surface area contributed by atoms with E-state index >= 15 is 0 Å². The number of anilines is 2. The number of hydrogen-bond donors (Lipinski definition) is 4. The SMILES string of the molecule is Cc1cccc(NC(=O)NC(=O)CN2CCC(NC(=O)Nc3ccccc3)CC2)c1C. The summed E-state index contributed by atoms with van der Waals surface area (Å²) in [6.45, 7) is 5.37. The monoisotopic (exact) mass is 423 g/mol. The van der Waals surface area contributed by atoms with Crippen molar-refractivity contribution in [1.29, 1.82) is 0 Å². The van der Waals surface area contributed by atoms with E-state index in [1.807, 2.05) is 61.2 Å². The maximum absolute atomic E-state index is 12.2. The summed E-state index contributed by atoms with van der Waals surface area (Å²) in [6, 6.07) is 14.2. The second-order valence-corrected chi connectivity index (χ2v) is 7.76. The number of imide groups is 1. The summed E-state index contributed by atoms with van der Waals surface area (Å²) < 4.78 is 0. The van der Waals surface area contributed by atoms with E-state index < -0.39 is 6.03 Å². The second kappa shape index (κ2) is 10.6. The Hall–Kier alpha value is -3.39. The molecule has 0 aromatic heterocycles. The third-order valence-electron chi connectivity index (χ3n) is 5.43. The Morgan fingerprint density at radius 1 is 0.903 bits per heavy atom. The zero-order valence-electron chi connectivity index (χ0n) is 17.9. The van der Waals surface area contributed by atoms with E-state index in [-0.39, 0.29) is 24.5 Å². The first-order chi connectivity index (χ1) is 14.9. The van der Waals surface area contributed by atoms with Crippen LogP contribution in [0.15, 0.2) is 48.5 Å². The first-order valence-electron chi connectivity index (χ1n) is 10.4. The van der Waals surface area contributed by atoms with Gasteiger partial charge in [-0.2, -0.15) is 0 Å². The molecule has 5 amide bonds. The summed E-state index contributed by atoms with van der Waals surface area (Å²) >= 11 is 0. The fourth-order valence-electron chi connectivity index (χ4n) is 3.52. The van der Waals surface area contributed by atoms with E-state index in [2.05, 4.69) is 21.3 Å². The molecule has 2 aromatic carbocycles. The number of carbonyl (C=O) groups is 3. The van der Waals surface area contributed by atoms with Gasteiger partial charge >= 0.3 is 12.1 Å². The normalized spacial score (nSPS) is 14.5. The molecule has 1 fully saturated rings. The molecule has 164 valence electrons. The molecule has 2 aromatic rings. The lowest BCUT2D eigenvalue weighted by Crippen LogP contribution is -2.49. The highest BCUT2D eigenvalue weighted by Gasteiger charge is 2.22. The van der Waals surface area contributed by atoms with Gasteiger partial charge in [0, 0.05) is 30.5 Å². The number of likely N-dealkylation sites (tertiary alicyclic amines) is 1. The Balaban J connectivity index is 1.37. The highest BCUT2D eigenvalue weighted by molar-refractivity contribution is 6.02. The molecule has 0 bridgehead atoms. The topological polar surface area (TPSA) is 103 Å². The van der Waals surface area contributed by atoms with E-state index in [4.69, 9.17) is 0 Å². The summed E-state index contributed by atoms with van der Waals surface area (Å²) in [5.74, 6) is -0.351. The van der Waals surface area contributed by atoms with Crippen molar-refractivity contribution in [3.8, 4) is 0 Å². The summed E-state index contributed by atoms with van der Waals surface area (Å²) in [5, 5.41) is 10.9. The van der Waals surface area contributed by atoms with E-state index in [0.717, 1.165) is 29.7 Å². The van der Waals surface area contributed by atoms with Gasteiger partial charge in [0.15, 0.2) is 0 Å². The summed E-state index contributed by atoms with van der Waals surface area (Å²) in [5.41, 5.74) is 3.47. The smallest absolute Gasteiger partial charge is 0.325 e. The number of urea groups is 2. The molecule has 31 heavy (non-hydrogen) atoms. The van der Waals surface area contributed by atoms with Gasteiger partial charge in [-0.3, -0.25) is 15.0 Å². The lowest BCUT2D eigenvalue weighted by molar-refractivity contribution is -0.121. The Morgan fingerprint density at radius 2 is 1.61 bits per heavy atom. The zero-order valence-corrected chi connectivity index (χ0v) is 17.9. The van der Waals surface area contributed by atoms with Gasteiger partial charge in [0.1, 0.15) is 0 Å². The van der Waals surface area contributed by atoms with Gasteiger partial charge in [-0.15, -0.1) is 0 Å². The Kier molecular flexibility index (Phi) is 7.61. The summed E-state index contributed by atoms with van der Waals surface area (Å²) in [7, 11) is 0. The van der Waals surface area contributed by atoms with Crippen molar-refractivity contribution in [1.82, 2.24) is 15.5 Å². The second-order valence-electron chi connectivity index (χ2n) is 7.76. The third kappa shape index (κ3) is 6.82. The first kappa shape index (κ1) is 22.3. The molecule has 0 aliphatic carbocycles. The molecule has 1 saturated heterocycles. The fourth-order valence-corrected chi connectivity index (χ4v) is 3.52. The lowest BCUT2D eigenvalue weighted by atomic mass is 10.1. The highest BCUT2D eigenvalue weighted by Crippen LogP contribution is 2.17. The zero-order chi connectivity index (χ0) is 22.2. The summed E-state index contributed by atoms with van der Waals surface area (Å²) in [6.07, 6.45) is 1.48. The van der Waals surface area contributed by atoms with Gasteiger partial charge in [-0.05, 0) is 56.0 Å². The van der Waals surface area contributed by atoms with Crippen LogP contribution in [0.4, 0.5) is 21.0 Å². The maximum atomic E-state index is 12.2. The molecule has 1 aliphatic heterocycles. The first-order valence-corrected chi connectivity index (χ1v) is 10.4. The Labute approximate surface area is 182 Å². The van der Waals surface area contributed by atoms with Gasteiger partial charge in [0.05, 0.1) is 6.54 Å². The quantitative estimate of drug-likeness (QED) is 0.593. The van der Waals surface area contributed by atoms with Crippen LogP contribution in [0.5, 0.6) is 0 Å². The Bertz CT molecular complexity index is 924. The van der Waals surface area contributed by atoms with Gasteiger partial charge < -0.3 is 16.0 Å². The number of nitrogens with one attached hydrogen (secondary N) is 4. The van der Waals surface area contributed by atoms with E-state index in [1.165, 1.54) is 0 Å². The minimum Gasteiger partial charge on any atom is -0.335 e. The molecule has 8 nitrogen and oxygen atoms in total. The van der Waals surface area contributed by atoms with Crippen molar-refractivity contribution in [3.63, 3.8) is 0 Å². The predicted molar refractivity (Wildman–Crippen MR) is 121 cm³/mol. The molecule has 0 unspecified atom stereocenters. The van der Waals surface area contributed by atoms with Crippen molar-refractivity contribution < 1.29 is 14.4 Å². The third-order valence-corrected chi connectivity index (χ3v) is 5.43. The summed E-state index contributed by atoms with van der Waals surface area (Å²) in [4.78, 5) is 38.5. The molecular formula is C23H29N5O3. The van der Waals surface area contributed by atoms with Crippen LogP contribution >= 0.6 is 0 Å². The molecule has 0 saturated carbocycles. The molecule has 0 spiro atoms. The number of hydrogen-bond acceptors (Lipinski definition) is 4. The molecule has 1 heterocycles. The minimum absolute atomic E-state index is 0.0515. The lowest BCUT2D eigenvalue weighted by Gasteiger charge is -2.31. The average molecular weight is 424 g/mol. The molecule has 1 aliphatic rings. The number of rotatable bonds is 5. The largest absolute Gasteiger partial charge is 0.335 e. The van der Waals surface area contributed by atoms with Crippen molar-refractivity contribution in [2.45, 2.75) is 32.7 Å². The van der Waals surface area contributed by atoms with E-state index in [9.17, 15) is 14.4 Å². The molecule has 0 atom stereocenters. The van der Waals surface area contributed by atoms with Crippen molar-refractivity contribution in [2.24, 2.45) is 0 Å². The highest BCUT2D eigenvalue weighted by atomic mass is 16.2. The number of para-hydroxylation sites is 1. The van der Waals surface area contributed by atoms with Crippen LogP contribution < -0.4 is 21.3 Å². The van der Waals surface area contributed by atoms with Gasteiger partial charge in [0.2, 0.25) is 5.91 Å². The van der Waals surface area contributed by atoms with Crippen LogP contribution in [-0.4, -0.2) is 48.5 Å². The van der Waals surface area contributed by atoms with Crippen molar-refractivity contribution in [3.05, 3.63) is 59.7 Å². The van der Waals surface area contributed by atoms with Crippen molar-refractivity contribution in [2.75, 3.05) is 30.3 Å². The van der Waals surface area contributed by atoms with Gasteiger partial charge in [0.25, 0.3) is 0 Å². The number of aryl methyl sites for hydroxylation is 1. The molecular weight excluding hydrogens is 394 g/mol. The maximum Gasteiger partial charge on any atom is 0.325 e. The van der Waals surface area contributed by atoms with Crippen LogP contribution in [0.25, 0.3) is 0 Å².